The Morgan fingerprint density at radius 3 is 2.27 bits per heavy atom. The monoisotopic (exact) mass is 604 g/mol. The van der Waals surface area contributed by atoms with Crippen LogP contribution in [0.15, 0.2) is 41.3 Å². The maximum atomic E-state index is 13.5. The van der Waals surface area contributed by atoms with Gasteiger partial charge in [-0.15, -0.1) is 0 Å². The van der Waals surface area contributed by atoms with Crippen molar-refractivity contribution in [1.82, 2.24) is 19.4 Å². The van der Waals surface area contributed by atoms with Crippen molar-refractivity contribution in [2.24, 2.45) is 11.8 Å². The molecule has 0 aliphatic carbocycles. The van der Waals surface area contributed by atoms with Crippen LogP contribution in [0, 0.1) is 11.8 Å². The first kappa shape index (κ1) is 29.8. The molecule has 0 aromatic heterocycles. The lowest BCUT2D eigenvalue weighted by Gasteiger charge is -2.47. The van der Waals surface area contributed by atoms with Gasteiger partial charge in [-0.05, 0) is 66.6 Å². The minimum absolute atomic E-state index is 0.0662. The number of nitrogens with zero attached hydrogens (tertiary/aromatic N) is 4. The lowest BCUT2D eigenvalue weighted by Crippen LogP contribution is -2.59. The van der Waals surface area contributed by atoms with E-state index in [1.54, 1.807) is 37.3 Å². The normalized spacial score (nSPS) is 24.2. The molecule has 3 amide bonds. The Bertz CT molecular complexity index is 1460. The van der Waals surface area contributed by atoms with E-state index in [0.29, 0.717) is 48.8 Å². The highest BCUT2D eigenvalue weighted by atomic mass is 35.5. The maximum Gasteiger partial charge on any atom is 0.277 e. The van der Waals surface area contributed by atoms with Crippen LogP contribution in [-0.2, 0) is 24.4 Å². The second kappa shape index (κ2) is 11.2. The highest BCUT2D eigenvalue weighted by molar-refractivity contribution is 7.89. The Balaban J connectivity index is 1.20. The second-order valence-electron chi connectivity index (χ2n) is 12.8. The van der Waals surface area contributed by atoms with Crippen LogP contribution in [0.2, 0.25) is 5.02 Å². The predicted octanol–water partition coefficient (Wildman–Crippen LogP) is 1.77. The van der Waals surface area contributed by atoms with Crippen LogP contribution >= 0.6 is 11.6 Å². The van der Waals surface area contributed by atoms with E-state index in [9.17, 15) is 22.8 Å². The lowest BCUT2D eigenvalue weighted by molar-refractivity contribution is -0.862. The minimum atomic E-state index is -3.96. The molecule has 3 heterocycles. The average molecular weight is 605 g/mol. The van der Waals surface area contributed by atoms with Crippen molar-refractivity contribution in [3.05, 3.63) is 41.4 Å². The van der Waals surface area contributed by atoms with Crippen molar-refractivity contribution in [3.8, 4) is 0 Å². The topological polar surface area (TPSA) is 107 Å². The molecule has 3 saturated heterocycles. The molecule has 5 rings (SSSR count). The molecule has 2 aromatic carbocycles. The van der Waals surface area contributed by atoms with Gasteiger partial charge in [0.1, 0.15) is 12.1 Å². The van der Waals surface area contributed by atoms with E-state index >= 15 is 0 Å². The Kier molecular flexibility index (Phi) is 8.10. The molecule has 0 radical (unpaired) electrons. The SMILES string of the molecule is C[C@@H](C(=O)N1C[C@@H]2C[C@H](CN(C(=O)C[N+](C)(C)C)C2)C1)N1CC[C@H](NS(=O)(=O)c2ccc3cc(Cl)ccc3c2)C1=O. The van der Waals surface area contributed by atoms with Gasteiger partial charge in [-0.2, -0.15) is 4.72 Å². The molecule has 0 unspecified atom stereocenters. The molecular weight excluding hydrogens is 566 g/mol. The van der Waals surface area contributed by atoms with Crippen LogP contribution in [0.4, 0.5) is 0 Å². The predicted molar refractivity (Wildman–Crippen MR) is 157 cm³/mol. The summed E-state index contributed by atoms with van der Waals surface area (Å²) in [5.74, 6) is 0.0421. The average Bonchev–Trinajstić information content (AvgIpc) is 3.24. The molecule has 4 atom stereocenters. The summed E-state index contributed by atoms with van der Waals surface area (Å²) < 4.78 is 29.4. The second-order valence-corrected chi connectivity index (χ2v) is 14.9. The third-order valence-corrected chi connectivity index (χ3v) is 10.0. The van der Waals surface area contributed by atoms with Crippen molar-refractivity contribution in [2.45, 2.75) is 36.7 Å². The highest BCUT2D eigenvalue weighted by Gasteiger charge is 2.43. The number of fused-ring (bicyclic) bond motifs is 3. The number of hydrogen-bond acceptors (Lipinski definition) is 5. The molecule has 2 bridgehead atoms. The molecule has 3 aliphatic rings. The fourth-order valence-electron chi connectivity index (χ4n) is 6.38. The third kappa shape index (κ3) is 6.53. The standard InChI is InChI=1S/C29H39ClN5O5S/c1-19(28(37)33-16-20-11-21(17-33)15-32(14-20)27(36)18-35(2,3)4)34-10-9-26(29(34)38)31-41(39,40)25-8-6-22-12-24(30)7-5-23(22)13-25/h5-8,12-13,19-21,26,31H,9-11,14-18H2,1-4H3/q+1/t19-,20+,21+,26-/m0/s1. The summed E-state index contributed by atoms with van der Waals surface area (Å²) in [5, 5.41) is 2.10. The number of halogens is 1. The number of benzene rings is 2. The summed E-state index contributed by atoms with van der Waals surface area (Å²) in [6.45, 7) is 4.84. The first-order valence-corrected chi connectivity index (χ1v) is 16.0. The van der Waals surface area contributed by atoms with Gasteiger partial charge in [0.05, 0.1) is 26.0 Å². The summed E-state index contributed by atoms with van der Waals surface area (Å²) in [6.07, 6.45) is 1.27. The zero-order chi connectivity index (χ0) is 29.7. The van der Waals surface area contributed by atoms with Gasteiger partial charge in [0.15, 0.2) is 6.54 Å². The Morgan fingerprint density at radius 2 is 1.61 bits per heavy atom. The van der Waals surface area contributed by atoms with Crippen LogP contribution in [0.5, 0.6) is 0 Å². The van der Waals surface area contributed by atoms with E-state index < -0.39 is 28.0 Å². The number of nitrogens with one attached hydrogen (secondary N) is 1. The van der Waals surface area contributed by atoms with Gasteiger partial charge in [-0.25, -0.2) is 8.42 Å². The van der Waals surface area contributed by atoms with Crippen LogP contribution in [0.1, 0.15) is 19.8 Å². The van der Waals surface area contributed by atoms with Gasteiger partial charge in [0.25, 0.3) is 5.91 Å². The van der Waals surface area contributed by atoms with E-state index in [1.165, 1.54) is 11.0 Å². The summed E-state index contributed by atoms with van der Waals surface area (Å²) in [4.78, 5) is 44.9. The van der Waals surface area contributed by atoms with Gasteiger partial charge in [0, 0.05) is 37.7 Å². The summed E-state index contributed by atoms with van der Waals surface area (Å²) >= 11 is 6.03. The van der Waals surface area contributed by atoms with E-state index in [0.717, 1.165) is 17.2 Å². The quantitative estimate of drug-likeness (QED) is 0.485. The van der Waals surface area contributed by atoms with Crippen LogP contribution in [0.3, 0.4) is 0 Å². The number of rotatable bonds is 7. The number of sulfonamides is 1. The summed E-state index contributed by atoms with van der Waals surface area (Å²) in [6, 6.07) is 8.32. The van der Waals surface area contributed by atoms with Gasteiger partial charge >= 0.3 is 0 Å². The molecule has 222 valence electrons. The van der Waals surface area contributed by atoms with Gasteiger partial charge < -0.3 is 19.2 Å². The zero-order valence-electron chi connectivity index (χ0n) is 24.0. The smallest absolute Gasteiger partial charge is 0.277 e. The van der Waals surface area contributed by atoms with Crippen LogP contribution < -0.4 is 4.72 Å². The van der Waals surface area contributed by atoms with Gasteiger partial charge in [-0.3, -0.25) is 14.4 Å². The first-order chi connectivity index (χ1) is 19.2. The van der Waals surface area contributed by atoms with E-state index in [1.807, 2.05) is 30.9 Å². The maximum absolute atomic E-state index is 13.5. The van der Waals surface area contributed by atoms with Crippen molar-refractivity contribution in [3.63, 3.8) is 0 Å². The fourth-order valence-corrected chi connectivity index (χ4v) is 7.82. The largest absolute Gasteiger partial charge is 0.340 e. The Morgan fingerprint density at radius 1 is 1.00 bits per heavy atom. The number of amides is 3. The number of carbonyl (C=O) groups is 3. The van der Waals surface area contributed by atoms with Crippen molar-refractivity contribution in [2.75, 3.05) is 60.4 Å². The van der Waals surface area contributed by atoms with Gasteiger partial charge in [0.2, 0.25) is 21.8 Å². The molecule has 2 aromatic rings. The van der Waals surface area contributed by atoms with Gasteiger partial charge in [-0.1, -0.05) is 23.7 Å². The molecule has 12 heteroatoms. The van der Waals surface area contributed by atoms with Crippen molar-refractivity contribution in [1.29, 1.82) is 0 Å². The van der Waals surface area contributed by atoms with Crippen molar-refractivity contribution >= 4 is 50.1 Å². The first-order valence-electron chi connectivity index (χ1n) is 14.1. The number of quaternary nitrogens is 1. The molecule has 10 nitrogen and oxygen atoms in total. The van der Waals surface area contributed by atoms with E-state index in [-0.39, 0.29) is 35.0 Å². The number of piperidine rings is 2. The molecule has 0 saturated carbocycles. The third-order valence-electron chi connectivity index (χ3n) is 8.30. The molecular formula is C29H39ClN5O5S+. The van der Waals surface area contributed by atoms with E-state index in [4.69, 9.17) is 11.6 Å². The molecule has 3 aliphatic heterocycles. The number of likely N-dealkylation sites (tertiary alicyclic amines) is 3. The molecule has 1 N–H and O–H groups in total. The Labute approximate surface area is 246 Å². The zero-order valence-corrected chi connectivity index (χ0v) is 25.6. The summed E-state index contributed by atoms with van der Waals surface area (Å²) in [5.41, 5.74) is 0. The highest BCUT2D eigenvalue weighted by Crippen LogP contribution is 2.30. The fraction of sp³-hybridized carbons (Fsp3) is 0.552. The minimum Gasteiger partial charge on any atom is -0.340 e. The van der Waals surface area contributed by atoms with Crippen LogP contribution in [0.25, 0.3) is 10.8 Å². The lowest BCUT2D eigenvalue weighted by atomic mass is 9.84. The molecule has 3 fully saturated rings. The number of carbonyl (C=O) groups excluding carboxylic acids is 3. The van der Waals surface area contributed by atoms with E-state index in [2.05, 4.69) is 4.72 Å². The molecule has 0 spiro atoms. The number of hydrogen-bond donors (Lipinski definition) is 1. The summed E-state index contributed by atoms with van der Waals surface area (Å²) in [7, 11) is 2.04. The van der Waals surface area contributed by atoms with Crippen LogP contribution in [-0.4, -0.2) is 118 Å². The van der Waals surface area contributed by atoms with Crippen molar-refractivity contribution < 1.29 is 27.3 Å². The molecule has 41 heavy (non-hydrogen) atoms. The number of likely N-dealkylation sites (N-methyl/N-ethyl adjacent to an activating group) is 1. The Hall–Kier alpha value is -2.73.